The zero-order chi connectivity index (χ0) is 6.85. The van der Waals surface area contributed by atoms with Gasteiger partial charge in [0.05, 0.1) is 6.10 Å². The first-order chi connectivity index (χ1) is 4.20. The van der Waals surface area contributed by atoms with Crippen LogP contribution in [-0.2, 0) is 4.79 Å². The van der Waals surface area contributed by atoms with Gasteiger partial charge in [0.1, 0.15) is 6.04 Å². The van der Waals surface area contributed by atoms with Crippen LogP contribution in [-0.4, -0.2) is 64.4 Å². The van der Waals surface area contributed by atoms with Crippen molar-refractivity contribution in [1.29, 1.82) is 0 Å². The van der Waals surface area contributed by atoms with Crippen LogP contribution in [0.25, 0.3) is 0 Å². The molecule has 0 spiro atoms. The second kappa shape index (κ2) is 4.31. The summed E-state index contributed by atoms with van der Waals surface area (Å²) in [6.45, 7) is 0.400. The minimum atomic E-state index is -0.883. The van der Waals surface area contributed by atoms with Gasteiger partial charge in [-0.1, -0.05) is 0 Å². The van der Waals surface area contributed by atoms with Gasteiger partial charge in [0.2, 0.25) is 0 Å². The third-order valence-corrected chi connectivity index (χ3v) is 1.41. The molecule has 1 unspecified atom stereocenters. The standard InChI is InChI=1S/C5H9NO3.Na.H/c7-3-1-4(5(8)9)6-2-3;;/h3-4,6-7H,1-2H2,(H,8,9);;/t3?,4-;;/m0../s1. The Morgan fingerprint density at radius 3 is 2.40 bits per heavy atom. The van der Waals surface area contributed by atoms with Gasteiger partial charge < -0.3 is 15.5 Å². The van der Waals surface area contributed by atoms with Crippen molar-refractivity contribution in [3.63, 3.8) is 0 Å². The fraction of sp³-hybridized carbons (Fsp3) is 0.800. The number of carboxylic acids is 1. The Balaban J connectivity index is 0.000000810. The van der Waals surface area contributed by atoms with E-state index in [1.807, 2.05) is 0 Å². The average molecular weight is 155 g/mol. The van der Waals surface area contributed by atoms with Crippen LogP contribution in [0.4, 0.5) is 0 Å². The quantitative estimate of drug-likeness (QED) is 0.389. The van der Waals surface area contributed by atoms with Crippen molar-refractivity contribution in [2.24, 2.45) is 0 Å². The van der Waals surface area contributed by atoms with Crippen molar-refractivity contribution in [3.8, 4) is 0 Å². The molecule has 0 aromatic rings. The molecule has 0 saturated carbocycles. The molecule has 0 amide bonds. The predicted molar refractivity (Wildman–Crippen MR) is 37.2 cm³/mol. The van der Waals surface area contributed by atoms with Crippen molar-refractivity contribution in [2.75, 3.05) is 6.54 Å². The summed E-state index contributed by atoms with van der Waals surface area (Å²) in [4.78, 5) is 10.2. The van der Waals surface area contributed by atoms with Crippen LogP contribution in [0.2, 0.25) is 0 Å². The van der Waals surface area contributed by atoms with Crippen molar-refractivity contribution in [3.05, 3.63) is 0 Å². The molecule has 1 fully saturated rings. The molecule has 3 N–H and O–H groups in total. The van der Waals surface area contributed by atoms with Crippen LogP contribution in [0, 0.1) is 0 Å². The fourth-order valence-electron chi connectivity index (χ4n) is 0.905. The molecular formula is C5H10NNaO3. The first-order valence-corrected chi connectivity index (χ1v) is 2.84. The summed E-state index contributed by atoms with van der Waals surface area (Å²) in [5.41, 5.74) is 0. The van der Waals surface area contributed by atoms with Crippen molar-refractivity contribution in [2.45, 2.75) is 18.6 Å². The first-order valence-electron chi connectivity index (χ1n) is 2.84. The Bertz CT molecular complexity index is 130. The van der Waals surface area contributed by atoms with Gasteiger partial charge in [0, 0.05) is 13.0 Å². The zero-order valence-corrected chi connectivity index (χ0v) is 4.87. The number of carbonyl (C=O) groups is 1. The van der Waals surface area contributed by atoms with Crippen LogP contribution in [0.1, 0.15) is 6.42 Å². The molecule has 4 nitrogen and oxygen atoms in total. The summed E-state index contributed by atoms with van der Waals surface area (Å²) < 4.78 is 0. The third-order valence-electron chi connectivity index (χ3n) is 1.41. The SMILES string of the molecule is O=C(O)[C@@H]1CC(O)CN1.[NaH]. The van der Waals surface area contributed by atoms with Crippen LogP contribution >= 0.6 is 0 Å². The first kappa shape index (κ1) is 10.4. The van der Waals surface area contributed by atoms with Crippen LogP contribution < -0.4 is 5.32 Å². The van der Waals surface area contributed by atoms with E-state index < -0.39 is 18.1 Å². The number of aliphatic carboxylic acids is 1. The number of hydrogen-bond acceptors (Lipinski definition) is 3. The van der Waals surface area contributed by atoms with Crippen molar-refractivity contribution < 1.29 is 15.0 Å². The van der Waals surface area contributed by atoms with Gasteiger partial charge in [-0.15, -0.1) is 0 Å². The van der Waals surface area contributed by atoms with Gasteiger partial charge in [-0.2, -0.15) is 0 Å². The summed E-state index contributed by atoms with van der Waals surface area (Å²) in [5, 5.41) is 19.8. The normalized spacial score (nSPS) is 31.3. The van der Waals surface area contributed by atoms with E-state index in [-0.39, 0.29) is 29.6 Å². The number of hydrogen-bond donors (Lipinski definition) is 3. The number of β-amino-alcohol motifs (C(OH)–C–C–N with tert-alkyl or cyclic N) is 1. The Kier molecular flexibility index (Phi) is 4.47. The van der Waals surface area contributed by atoms with E-state index in [1.54, 1.807) is 0 Å². The minimum absolute atomic E-state index is 0. The molecule has 1 heterocycles. The maximum absolute atomic E-state index is 10.2. The van der Waals surface area contributed by atoms with Crippen LogP contribution in [0.3, 0.4) is 0 Å². The molecule has 0 radical (unpaired) electrons. The molecule has 0 bridgehead atoms. The summed E-state index contributed by atoms with van der Waals surface area (Å²) in [5.74, 6) is -0.883. The van der Waals surface area contributed by atoms with Crippen LogP contribution in [0.5, 0.6) is 0 Å². The Morgan fingerprint density at radius 2 is 2.20 bits per heavy atom. The average Bonchev–Trinajstić information content (AvgIpc) is 2.14. The van der Waals surface area contributed by atoms with Gasteiger partial charge in [-0.25, -0.2) is 0 Å². The number of aliphatic hydroxyl groups excluding tert-OH is 1. The predicted octanol–water partition coefficient (Wildman–Crippen LogP) is -1.85. The van der Waals surface area contributed by atoms with Gasteiger partial charge in [-0.05, 0) is 0 Å². The van der Waals surface area contributed by atoms with Gasteiger partial charge >= 0.3 is 35.5 Å². The van der Waals surface area contributed by atoms with E-state index >= 15 is 0 Å². The zero-order valence-electron chi connectivity index (χ0n) is 4.87. The molecule has 54 valence electrons. The Morgan fingerprint density at radius 1 is 1.60 bits per heavy atom. The molecule has 1 rings (SSSR count). The number of carboxylic acid groups (broad SMARTS) is 1. The summed E-state index contributed by atoms with van der Waals surface area (Å²) in [6.07, 6.45) is -0.152. The van der Waals surface area contributed by atoms with E-state index in [4.69, 9.17) is 10.2 Å². The van der Waals surface area contributed by atoms with E-state index in [0.29, 0.717) is 13.0 Å². The number of rotatable bonds is 1. The third kappa shape index (κ3) is 2.56. The molecule has 5 heteroatoms. The second-order valence-electron chi connectivity index (χ2n) is 2.19. The van der Waals surface area contributed by atoms with Crippen LogP contribution in [0.15, 0.2) is 0 Å². The molecule has 0 aliphatic carbocycles. The molecule has 1 saturated heterocycles. The van der Waals surface area contributed by atoms with Gasteiger partial charge in [0.15, 0.2) is 0 Å². The number of nitrogens with one attached hydrogen (secondary N) is 1. The molecule has 2 atom stereocenters. The molecule has 0 aromatic carbocycles. The Hall–Kier alpha value is 0.390. The summed E-state index contributed by atoms with van der Waals surface area (Å²) >= 11 is 0. The van der Waals surface area contributed by atoms with E-state index in [1.165, 1.54) is 0 Å². The van der Waals surface area contributed by atoms with E-state index in [0.717, 1.165) is 0 Å². The Labute approximate surface area is 80.9 Å². The second-order valence-corrected chi connectivity index (χ2v) is 2.19. The molecule has 1 aliphatic rings. The fourth-order valence-corrected chi connectivity index (χ4v) is 0.905. The number of aliphatic hydroxyl groups is 1. The molecule has 1 aliphatic heterocycles. The van der Waals surface area contributed by atoms with Gasteiger partial charge in [-0.3, -0.25) is 4.79 Å². The maximum atomic E-state index is 10.2. The summed E-state index contributed by atoms with van der Waals surface area (Å²) in [7, 11) is 0. The van der Waals surface area contributed by atoms with Crippen molar-refractivity contribution in [1.82, 2.24) is 5.32 Å². The molecule has 0 aromatic heterocycles. The van der Waals surface area contributed by atoms with E-state index in [9.17, 15) is 4.79 Å². The molecular weight excluding hydrogens is 145 g/mol. The van der Waals surface area contributed by atoms with Gasteiger partial charge in [0.25, 0.3) is 0 Å². The van der Waals surface area contributed by atoms with E-state index in [2.05, 4.69) is 5.32 Å². The molecule has 10 heavy (non-hydrogen) atoms. The van der Waals surface area contributed by atoms with Crippen molar-refractivity contribution >= 4 is 35.5 Å². The summed E-state index contributed by atoms with van der Waals surface area (Å²) in [6, 6.07) is -0.542. The monoisotopic (exact) mass is 155 g/mol. The topological polar surface area (TPSA) is 69.6 Å².